The topological polar surface area (TPSA) is 86.8 Å². The maximum absolute atomic E-state index is 13.0. The van der Waals surface area contributed by atoms with Gasteiger partial charge in [0.25, 0.3) is 5.91 Å². The predicted octanol–water partition coefficient (Wildman–Crippen LogP) is 2.62. The van der Waals surface area contributed by atoms with E-state index in [-0.39, 0.29) is 23.3 Å². The summed E-state index contributed by atoms with van der Waals surface area (Å²) in [6, 6.07) is 12.7. The van der Waals surface area contributed by atoms with Crippen molar-refractivity contribution in [1.29, 1.82) is 0 Å². The Kier molecular flexibility index (Phi) is 6.95. The number of carbonyl (C=O) groups excluding carboxylic acids is 2. The molecule has 1 fully saturated rings. The fourth-order valence-electron chi connectivity index (χ4n) is 3.36. The van der Waals surface area contributed by atoms with Crippen molar-refractivity contribution in [2.45, 2.75) is 30.3 Å². The van der Waals surface area contributed by atoms with Gasteiger partial charge in [0, 0.05) is 37.2 Å². The molecule has 0 radical (unpaired) electrons. The molecule has 1 N–H and O–H groups in total. The van der Waals surface area contributed by atoms with Crippen molar-refractivity contribution in [3.8, 4) is 0 Å². The average molecular weight is 494 g/mol. The molecule has 2 amide bonds. The van der Waals surface area contributed by atoms with Crippen LogP contribution in [0, 0.1) is 0 Å². The van der Waals surface area contributed by atoms with Crippen molar-refractivity contribution in [2.24, 2.45) is 0 Å². The summed E-state index contributed by atoms with van der Waals surface area (Å²) in [6.45, 7) is 0.579. The minimum absolute atomic E-state index is 0.0923. The number of hydrogen-bond acceptors (Lipinski definition) is 4. The molecular formula is C21H24BrN3O4S. The summed E-state index contributed by atoms with van der Waals surface area (Å²) in [5, 5.41) is 2.83. The van der Waals surface area contributed by atoms with E-state index in [4.69, 9.17) is 0 Å². The van der Waals surface area contributed by atoms with Gasteiger partial charge in [-0.3, -0.25) is 9.59 Å². The lowest BCUT2D eigenvalue weighted by atomic mass is 10.1. The smallest absolute Gasteiger partial charge is 0.253 e. The van der Waals surface area contributed by atoms with Gasteiger partial charge < -0.3 is 10.2 Å². The van der Waals surface area contributed by atoms with E-state index in [2.05, 4.69) is 21.2 Å². The van der Waals surface area contributed by atoms with Crippen molar-refractivity contribution in [3.63, 3.8) is 0 Å². The average Bonchev–Trinajstić information content (AvgIpc) is 3.23. The first-order chi connectivity index (χ1) is 14.2. The van der Waals surface area contributed by atoms with Crippen LogP contribution < -0.4 is 5.32 Å². The van der Waals surface area contributed by atoms with Crippen LogP contribution in [-0.4, -0.2) is 56.1 Å². The third kappa shape index (κ3) is 4.91. The first-order valence-corrected chi connectivity index (χ1v) is 11.8. The third-order valence-corrected chi connectivity index (χ3v) is 7.45. The Balaban J connectivity index is 1.66. The zero-order valence-electron chi connectivity index (χ0n) is 16.8. The number of hydrogen-bond donors (Lipinski definition) is 1. The van der Waals surface area contributed by atoms with Crippen molar-refractivity contribution in [2.75, 3.05) is 20.6 Å². The van der Waals surface area contributed by atoms with Crippen LogP contribution in [0.1, 0.15) is 28.8 Å². The number of benzene rings is 2. The summed E-state index contributed by atoms with van der Waals surface area (Å²) in [7, 11) is -0.373. The van der Waals surface area contributed by atoms with E-state index in [1.54, 1.807) is 50.5 Å². The largest absolute Gasteiger partial charge is 0.351 e. The van der Waals surface area contributed by atoms with Crippen LogP contribution in [0.2, 0.25) is 0 Å². The van der Waals surface area contributed by atoms with E-state index in [9.17, 15) is 18.0 Å². The van der Waals surface area contributed by atoms with Gasteiger partial charge in [-0.2, -0.15) is 4.31 Å². The van der Waals surface area contributed by atoms with Crippen LogP contribution in [0.15, 0.2) is 57.9 Å². The molecule has 0 saturated carbocycles. The van der Waals surface area contributed by atoms with Gasteiger partial charge in [-0.25, -0.2) is 8.42 Å². The molecule has 0 aliphatic carbocycles. The second-order valence-electron chi connectivity index (χ2n) is 7.34. The van der Waals surface area contributed by atoms with E-state index in [0.29, 0.717) is 24.9 Å². The lowest BCUT2D eigenvalue weighted by Gasteiger charge is -2.23. The summed E-state index contributed by atoms with van der Waals surface area (Å²) in [4.78, 5) is 26.4. The monoisotopic (exact) mass is 493 g/mol. The Morgan fingerprint density at radius 1 is 1.10 bits per heavy atom. The number of amides is 2. The zero-order valence-corrected chi connectivity index (χ0v) is 19.2. The minimum Gasteiger partial charge on any atom is -0.351 e. The number of carbonyl (C=O) groups is 2. The van der Waals surface area contributed by atoms with E-state index < -0.39 is 16.1 Å². The molecule has 1 aliphatic heterocycles. The predicted molar refractivity (Wildman–Crippen MR) is 117 cm³/mol. The number of sulfonamides is 1. The Morgan fingerprint density at radius 2 is 1.73 bits per heavy atom. The Morgan fingerprint density at radius 3 is 2.33 bits per heavy atom. The van der Waals surface area contributed by atoms with Gasteiger partial charge in [0.15, 0.2) is 0 Å². The van der Waals surface area contributed by atoms with Gasteiger partial charge in [0.1, 0.15) is 6.04 Å². The molecule has 1 heterocycles. The molecule has 9 heteroatoms. The molecule has 2 aromatic rings. The lowest BCUT2D eigenvalue weighted by molar-refractivity contribution is -0.124. The van der Waals surface area contributed by atoms with E-state index in [1.807, 2.05) is 0 Å². The molecule has 1 atom stereocenters. The standard InChI is InChI=1S/C21H24BrN3O4S/c1-24(2)21(27)16-7-5-15(6-8-16)14-23-20(26)19-4-3-13-25(19)30(28,29)18-11-9-17(22)10-12-18/h5-12,19H,3-4,13-14H2,1-2H3,(H,23,26)/t19-/m0/s1. The van der Waals surface area contributed by atoms with Crippen molar-refractivity contribution in [1.82, 2.24) is 14.5 Å². The number of rotatable bonds is 6. The van der Waals surface area contributed by atoms with E-state index in [0.717, 1.165) is 10.0 Å². The molecule has 7 nitrogen and oxygen atoms in total. The van der Waals surface area contributed by atoms with Gasteiger partial charge >= 0.3 is 0 Å². The highest BCUT2D eigenvalue weighted by Gasteiger charge is 2.39. The maximum Gasteiger partial charge on any atom is 0.253 e. The fourth-order valence-corrected chi connectivity index (χ4v) is 5.28. The molecular weight excluding hydrogens is 470 g/mol. The first kappa shape index (κ1) is 22.5. The summed E-state index contributed by atoms with van der Waals surface area (Å²) in [5.41, 5.74) is 1.40. The normalized spacial score (nSPS) is 17.0. The molecule has 0 aromatic heterocycles. The number of nitrogens with zero attached hydrogens (tertiary/aromatic N) is 2. The molecule has 1 saturated heterocycles. The van der Waals surface area contributed by atoms with Crippen molar-refractivity contribution >= 4 is 37.8 Å². The third-order valence-electron chi connectivity index (χ3n) is 5.00. The Bertz CT molecular complexity index is 1020. The Hall–Kier alpha value is -2.23. The van der Waals surface area contributed by atoms with Crippen LogP contribution in [0.4, 0.5) is 0 Å². The highest BCUT2D eigenvalue weighted by atomic mass is 79.9. The minimum atomic E-state index is -3.75. The van der Waals surface area contributed by atoms with Crippen LogP contribution in [0.3, 0.4) is 0 Å². The highest BCUT2D eigenvalue weighted by molar-refractivity contribution is 9.10. The Labute approximate surface area is 185 Å². The van der Waals surface area contributed by atoms with Gasteiger partial charge in [-0.05, 0) is 54.8 Å². The van der Waals surface area contributed by atoms with E-state index in [1.165, 1.54) is 21.3 Å². The first-order valence-electron chi connectivity index (χ1n) is 9.56. The maximum atomic E-state index is 13.0. The highest BCUT2D eigenvalue weighted by Crippen LogP contribution is 2.27. The van der Waals surface area contributed by atoms with Gasteiger partial charge in [0.2, 0.25) is 15.9 Å². The SMILES string of the molecule is CN(C)C(=O)c1ccc(CNC(=O)[C@@H]2CCCN2S(=O)(=O)c2ccc(Br)cc2)cc1. The summed E-state index contributed by atoms with van der Waals surface area (Å²) < 4.78 is 28.0. The summed E-state index contributed by atoms with van der Waals surface area (Å²) in [5.74, 6) is -0.410. The number of nitrogens with one attached hydrogen (secondary N) is 1. The van der Waals surface area contributed by atoms with Gasteiger partial charge in [-0.15, -0.1) is 0 Å². The van der Waals surface area contributed by atoms with Crippen LogP contribution >= 0.6 is 15.9 Å². The second-order valence-corrected chi connectivity index (χ2v) is 10.1. The van der Waals surface area contributed by atoms with E-state index >= 15 is 0 Å². The van der Waals surface area contributed by atoms with Crippen molar-refractivity contribution in [3.05, 3.63) is 64.1 Å². The number of halogens is 1. The summed E-state index contributed by atoms with van der Waals surface area (Å²) in [6.07, 6.45) is 1.12. The molecule has 30 heavy (non-hydrogen) atoms. The lowest BCUT2D eigenvalue weighted by Crippen LogP contribution is -2.45. The fraction of sp³-hybridized carbons (Fsp3) is 0.333. The van der Waals surface area contributed by atoms with Crippen LogP contribution in [0.25, 0.3) is 0 Å². The molecule has 1 aliphatic rings. The second kappa shape index (κ2) is 9.28. The quantitative estimate of drug-likeness (QED) is 0.669. The molecule has 0 unspecified atom stereocenters. The summed E-state index contributed by atoms with van der Waals surface area (Å²) >= 11 is 3.30. The molecule has 2 aromatic carbocycles. The van der Waals surface area contributed by atoms with Crippen LogP contribution in [-0.2, 0) is 21.4 Å². The molecule has 0 bridgehead atoms. The van der Waals surface area contributed by atoms with Crippen LogP contribution in [0.5, 0.6) is 0 Å². The van der Waals surface area contributed by atoms with Crippen molar-refractivity contribution < 1.29 is 18.0 Å². The van der Waals surface area contributed by atoms with Gasteiger partial charge in [0.05, 0.1) is 4.90 Å². The molecule has 160 valence electrons. The zero-order chi connectivity index (χ0) is 21.9. The molecule has 0 spiro atoms. The molecule has 3 rings (SSSR count). The van der Waals surface area contributed by atoms with Gasteiger partial charge in [-0.1, -0.05) is 28.1 Å².